The van der Waals surface area contributed by atoms with Gasteiger partial charge in [0.2, 0.25) is 0 Å². The molecule has 0 unspecified atom stereocenters. The summed E-state index contributed by atoms with van der Waals surface area (Å²) in [7, 11) is 0. The van der Waals surface area contributed by atoms with E-state index in [-0.39, 0.29) is 54.8 Å². The monoisotopic (exact) mass is 558 g/mol. The van der Waals surface area contributed by atoms with Gasteiger partial charge in [-0.1, -0.05) is 36.4 Å². The first kappa shape index (κ1) is 33.1. The first-order valence-corrected chi connectivity index (χ1v) is 10.2. The number of carbonyl (C=O) groups is 2. The molecule has 0 fully saturated rings. The van der Waals surface area contributed by atoms with Gasteiger partial charge in [-0.05, 0) is 69.8 Å². The molecule has 0 aliphatic rings. The van der Waals surface area contributed by atoms with Gasteiger partial charge in [0.15, 0.2) is 0 Å². The molecule has 0 amide bonds. The Morgan fingerprint density at radius 3 is 1.30 bits per heavy atom. The number of pyridine rings is 2. The van der Waals surface area contributed by atoms with Gasteiger partial charge < -0.3 is 41.0 Å². The SMILES string of the molecule is O=C([O-])c1cccc(-c2ccnc(CO)c2)c1.O=C([O-])c1cccc(-c2ccnc(CO)c2)c1.[OH3+].[OH3+].[Zn+2]. The van der Waals surface area contributed by atoms with Crippen molar-refractivity contribution in [2.75, 3.05) is 0 Å². The molecule has 2 aromatic heterocycles. The second kappa shape index (κ2) is 16.0. The minimum absolute atomic E-state index is 0. The van der Waals surface area contributed by atoms with E-state index in [1.807, 2.05) is 0 Å². The van der Waals surface area contributed by atoms with E-state index in [0.717, 1.165) is 22.3 Å². The van der Waals surface area contributed by atoms with Crippen molar-refractivity contribution < 1.29 is 60.4 Å². The summed E-state index contributed by atoms with van der Waals surface area (Å²) in [4.78, 5) is 29.4. The molecule has 4 rings (SSSR count). The maximum Gasteiger partial charge on any atom is 2.00 e. The normalized spacial score (nSPS) is 9.35. The van der Waals surface area contributed by atoms with Crippen LogP contribution in [-0.4, -0.2) is 32.1 Å². The molecule has 0 aliphatic heterocycles. The van der Waals surface area contributed by atoms with E-state index in [0.29, 0.717) is 11.4 Å². The zero-order valence-corrected chi connectivity index (χ0v) is 22.7. The van der Waals surface area contributed by atoms with Gasteiger partial charge in [-0.3, -0.25) is 9.97 Å². The minimum atomic E-state index is -1.21. The predicted octanol–water partition coefficient (Wildman–Crippen LogP) is -0.638. The van der Waals surface area contributed by atoms with E-state index < -0.39 is 11.9 Å². The molecular weight excluding hydrogens is 534 g/mol. The smallest absolute Gasteiger partial charge is 0.545 e. The summed E-state index contributed by atoms with van der Waals surface area (Å²) in [6, 6.07) is 19.9. The van der Waals surface area contributed by atoms with E-state index in [1.54, 1.807) is 60.9 Å². The van der Waals surface area contributed by atoms with Gasteiger partial charge in [-0.15, -0.1) is 0 Å². The number of aliphatic hydroxyl groups excluding tert-OH is 2. The van der Waals surface area contributed by atoms with Crippen molar-refractivity contribution in [3.8, 4) is 22.3 Å². The second-order valence-corrected chi connectivity index (χ2v) is 7.12. The van der Waals surface area contributed by atoms with Gasteiger partial charge in [0.05, 0.1) is 36.5 Å². The van der Waals surface area contributed by atoms with E-state index >= 15 is 0 Å². The number of carboxylic acid groups (broad SMARTS) is 2. The number of aromatic nitrogens is 2. The molecular formula is C26H26N2O8Zn+2. The Morgan fingerprint density at radius 1 is 0.622 bits per heavy atom. The van der Waals surface area contributed by atoms with E-state index in [4.69, 9.17) is 10.2 Å². The number of carboxylic acids is 2. The van der Waals surface area contributed by atoms with Crippen molar-refractivity contribution >= 4 is 11.9 Å². The Morgan fingerprint density at radius 2 is 0.973 bits per heavy atom. The van der Waals surface area contributed by atoms with Crippen molar-refractivity contribution in [1.29, 1.82) is 0 Å². The van der Waals surface area contributed by atoms with Crippen molar-refractivity contribution in [2.45, 2.75) is 13.2 Å². The predicted molar refractivity (Wildman–Crippen MR) is 130 cm³/mol. The van der Waals surface area contributed by atoms with Crippen molar-refractivity contribution in [3.05, 3.63) is 108 Å². The van der Waals surface area contributed by atoms with E-state index in [1.165, 1.54) is 24.3 Å². The molecule has 0 bridgehead atoms. The zero-order valence-electron chi connectivity index (χ0n) is 19.8. The molecule has 0 saturated heterocycles. The number of nitrogens with zero attached hydrogens (tertiary/aromatic N) is 2. The van der Waals surface area contributed by atoms with Crippen LogP contribution in [0.1, 0.15) is 32.1 Å². The zero-order chi connectivity index (χ0) is 24.5. The third kappa shape index (κ3) is 9.27. The van der Waals surface area contributed by atoms with Crippen LogP contribution < -0.4 is 10.2 Å². The van der Waals surface area contributed by atoms with Crippen LogP contribution in [0, 0.1) is 0 Å². The summed E-state index contributed by atoms with van der Waals surface area (Å²) >= 11 is 0. The fraction of sp³-hybridized carbons (Fsp3) is 0.0769. The van der Waals surface area contributed by atoms with Crippen LogP contribution in [0.4, 0.5) is 0 Å². The molecule has 0 atom stereocenters. The average Bonchev–Trinajstić information content (AvgIpc) is 2.89. The van der Waals surface area contributed by atoms with E-state index in [2.05, 4.69) is 9.97 Å². The molecule has 0 aliphatic carbocycles. The van der Waals surface area contributed by atoms with Gasteiger partial charge in [-0.2, -0.15) is 0 Å². The number of benzene rings is 2. The summed E-state index contributed by atoms with van der Waals surface area (Å²) < 4.78 is 0. The molecule has 0 saturated carbocycles. The van der Waals surface area contributed by atoms with Crippen LogP contribution in [0.2, 0.25) is 0 Å². The number of aromatic carboxylic acids is 2. The van der Waals surface area contributed by atoms with Crippen LogP contribution in [0.25, 0.3) is 22.3 Å². The Kier molecular flexibility index (Phi) is 14.3. The van der Waals surface area contributed by atoms with Crippen molar-refractivity contribution in [3.63, 3.8) is 0 Å². The number of aliphatic hydroxyl groups is 2. The summed E-state index contributed by atoms with van der Waals surface area (Å²) in [5.74, 6) is -2.41. The van der Waals surface area contributed by atoms with Crippen LogP contribution in [0.15, 0.2) is 85.2 Å². The molecule has 8 N–H and O–H groups in total. The van der Waals surface area contributed by atoms with Crippen LogP contribution >= 0.6 is 0 Å². The van der Waals surface area contributed by atoms with Crippen LogP contribution in [-0.2, 0) is 43.6 Å². The summed E-state index contributed by atoms with van der Waals surface area (Å²) in [5, 5.41) is 39.5. The molecule has 0 radical (unpaired) electrons. The Labute approximate surface area is 225 Å². The quantitative estimate of drug-likeness (QED) is 0.228. The number of rotatable bonds is 6. The molecule has 0 spiro atoms. The van der Waals surface area contributed by atoms with Crippen LogP contribution in [0.5, 0.6) is 0 Å². The number of hydrogen-bond acceptors (Lipinski definition) is 8. The first-order chi connectivity index (χ1) is 16.4. The molecule has 10 nitrogen and oxygen atoms in total. The molecule has 188 valence electrons. The Balaban J connectivity index is 0.000000648. The summed E-state index contributed by atoms with van der Waals surface area (Å²) in [6.45, 7) is -0.290. The van der Waals surface area contributed by atoms with Gasteiger partial charge in [0, 0.05) is 12.4 Å². The number of carbonyl (C=O) groups excluding carboxylic acids is 2. The first-order valence-electron chi connectivity index (χ1n) is 10.2. The molecule has 2 heterocycles. The largest absolute Gasteiger partial charge is 2.00 e. The van der Waals surface area contributed by atoms with Crippen LogP contribution in [0.3, 0.4) is 0 Å². The third-order valence-electron chi connectivity index (χ3n) is 4.82. The molecule has 11 heteroatoms. The second-order valence-electron chi connectivity index (χ2n) is 7.12. The standard InChI is InChI=1S/2C13H11NO3.2H2O.Zn/c2*15-8-12-7-10(4-5-14-12)9-2-1-3-11(6-9)13(16)17;;;/h2*1-7,15H,8H2,(H,16,17);2*1H2;/q;;;;+2. The molecule has 37 heavy (non-hydrogen) atoms. The fourth-order valence-corrected chi connectivity index (χ4v) is 3.14. The van der Waals surface area contributed by atoms with Gasteiger partial charge in [0.1, 0.15) is 0 Å². The maximum absolute atomic E-state index is 10.7. The maximum atomic E-state index is 10.7. The van der Waals surface area contributed by atoms with Crippen molar-refractivity contribution in [1.82, 2.24) is 9.97 Å². The van der Waals surface area contributed by atoms with Gasteiger partial charge in [-0.25, -0.2) is 0 Å². The van der Waals surface area contributed by atoms with E-state index in [9.17, 15) is 19.8 Å². The number of hydrogen-bond donors (Lipinski definition) is 2. The summed E-state index contributed by atoms with van der Waals surface area (Å²) in [6.07, 6.45) is 3.15. The molecule has 4 aromatic rings. The van der Waals surface area contributed by atoms with Gasteiger partial charge >= 0.3 is 19.5 Å². The fourth-order valence-electron chi connectivity index (χ4n) is 3.14. The Bertz CT molecular complexity index is 1220. The van der Waals surface area contributed by atoms with Gasteiger partial charge in [0.25, 0.3) is 0 Å². The topological polar surface area (TPSA) is 212 Å². The Hall–Kier alpha value is -3.86. The molecule has 2 aromatic carbocycles. The summed E-state index contributed by atoms with van der Waals surface area (Å²) in [5.41, 5.74) is 4.48. The van der Waals surface area contributed by atoms with Crippen molar-refractivity contribution in [2.24, 2.45) is 0 Å². The third-order valence-corrected chi connectivity index (χ3v) is 4.82. The average molecular weight is 560 g/mol. The minimum Gasteiger partial charge on any atom is -0.545 e.